The Balaban J connectivity index is 0.000000423. The van der Waals surface area contributed by atoms with Crippen molar-refractivity contribution in [3.63, 3.8) is 0 Å². The van der Waals surface area contributed by atoms with Gasteiger partial charge >= 0.3 is 30.0 Å². The number of halogens is 6. The number of nitrogens with zero attached hydrogens (tertiary/aromatic N) is 3. The van der Waals surface area contributed by atoms with Crippen molar-refractivity contribution in [2.45, 2.75) is 24.1 Å². The van der Waals surface area contributed by atoms with Crippen LogP contribution in [0.1, 0.15) is 15.9 Å². The lowest BCUT2D eigenvalue weighted by Gasteiger charge is -2.38. The van der Waals surface area contributed by atoms with Gasteiger partial charge in [0.15, 0.2) is 0 Å². The molecule has 2 heterocycles. The quantitative estimate of drug-likeness (QED) is 0.581. The summed E-state index contributed by atoms with van der Waals surface area (Å²) in [6, 6.07) is 4.86. The Morgan fingerprint density at radius 3 is 2.06 bits per heavy atom. The average molecular weight is 456 g/mol. The highest BCUT2D eigenvalue weighted by Crippen LogP contribution is 2.52. The zero-order valence-corrected chi connectivity index (χ0v) is 15.2. The van der Waals surface area contributed by atoms with Gasteiger partial charge in [-0.05, 0) is 12.1 Å². The second-order valence-corrected chi connectivity index (χ2v) is 6.51. The molecule has 170 valence electrons. The molecule has 2 aliphatic heterocycles. The number of alkyl halides is 6. The Kier molecular flexibility index (Phi) is 6.58. The van der Waals surface area contributed by atoms with Gasteiger partial charge in [-0.1, -0.05) is 12.1 Å². The molecule has 0 bridgehead atoms. The standard InChI is InChI=1S/C14H13F3N4O3.C2HF3O2/c15-14(16,17)13(19-20-13)9-3-1-2-8(4-9)12(24)18-10-5-21(6-10)7-11(22)23;3-2(4,5)1(6)7/h1-4,10H,5-7H2,(H,18,24)(H,22,23);(H,6,7). The van der Waals surface area contributed by atoms with Crippen LogP contribution in [0.25, 0.3) is 0 Å². The fourth-order valence-electron chi connectivity index (χ4n) is 2.57. The van der Waals surface area contributed by atoms with Gasteiger partial charge in [0, 0.05) is 24.2 Å². The maximum atomic E-state index is 13.0. The number of aliphatic carboxylic acids is 2. The molecule has 0 unspecified atom stereocenters. The van der Waals surface area contributed by atoms with E-state index in [1.54, 1.807) is 4.90 Å². The molecule has 9 nitrogen and oxygen atoms in total. The van der Waals surface area contributed by atoms with Crippen LogP contribution in [0.5, 0.6) is 0 Å². The van der Waals surface area contributed by atoms with Gasteiger partial charge in [0.1, 0.15) is 0 Å². The fourth-order valence-corrected chi connectivity index (χ4v) is 2.57. The largest absolute Gasteiger partial charge is 0.490 e. The van der Waals surface area contributed by atoms with Crippen molar-refractivity contribution < 1.29 is 50.9 Å². The van der Waals surface area contributed by atoms with Gasteiger partial charge in [0.2, 0.25) is 0 Å². The zero-order chi connectivity index (χ0) is 23.6. The van der Waals surface area contributed by atoms with Gasteiger partial charge in [-0.3, -0.25) is 14.5 Å². The van der Waals surface area contributed by atoms with Gasteiger partial charge < -0.3 is 15.5 Å². The highest BCUT2D eigenvalue weighted by atomic mass is 19.4. The molecule has 1 aromatic carbocycles. The molecule has 0 atom stereocenters. The van der Waals surface area contributed by atoms with Crippen LogP contribution in [0.2, 0.25) is 0 Å². The molecule has 0 spiro atoms. The molecule has 1 amide bonds. The minimum Gasteiger partial charge on any atom is -0.480 e. The topological polar surface area (TPSA) is 132 Å². The average Bonchev–Trinajstić information content (AvgIpc) is 3.41. The molecule has 31 heavy (non-hydrogen) atoms. The van der Waals surface area contributed by atoms with Crippen molar-refractivity contribution in [1.29, 1.82) is 0 Å². The Labute approximate surface area is 169 Å². The third-order valence-electron chi connectivity index (χ3n) is 4.12. The number of carbonyl (C=O) groups excluding carboxylic acids is 1. The fraction of sp³-hybridized carbons (Fsp3) is 0.438. The first-order valence-electron chi connectivity index (χ1n) is 8.32. The highest BCUT2D eigenvalue weighted by molar-refractivity contribution is 5.94. The van der Waals surface area contributed by atoms with Crippen molar-refractivity contribution in [2.75, 3.05) is 19.6 Å². The van der Waals surface area contributed by atoms with E-state index in [9.17, 15) is 35.9 Å². The molecular formula is C16H14F6N4O5. The molecule has 2 aliphatic rings. The van der Waals surface area contributed by atoms with Crippen molar-refractivity contribution in [3.05, 3.63) is 35.4 Å². The molecule has 0 aliphatic carbocycles. The third kappa shape index (κ3) is 5.90. The normalized spacial score (nSPS) is 17.7. The summed E-state index contributed by atoms with van der Waals surface area (Å²) in [7, 11) is 0. The molecule has 1 saturated heterocycles. The SMILES string of the molecule is O=C(O)C(F)(F)F.O=C(O)CN1CC(NC(=O)c2cccc(C3(C(F)(F)F)N=N3)c2)C1. The lowest BCUT2D eigenvalue weighted by molar-refractivity contribution is -0.192. The predicted octanol–water partition coefficient (Wildman–Crippen LogP) is 2.00. The molecule has 0 saturated carbocycles. The lowest BCUT2D eigenvalue weighted by Crippen LogP contribution is -2.60. The number of hydrogen-bond donors (Lipinski definition) is 3. The van der Waals surface area contributed by atoms with Crippen molar-refractivity contribution in [1.82, 2.24) is 10.2 Å². The maximum absolute atomic E-state index is 13.0. The predicted molar refractivity (Wildman–Crippen MR) is 88.1 cm³/mol. The van der Waals surface area contributed by atoms with Gasteiger partial charge in [-0.25, -0.2) is 4.79 Å². The molecule has 1 aromatic rings. The molecule has 0 aromatic heterocycles. The number of hydrogen-bond acceptors (Lipinski definition) is 6. The van der Waals surface area contributed by atoms with Crippen LogP contribution in [-0.4, -0.2) is 71.0 Å². The number of carboxylic acid groups (broad SMARTS) is 2. The molecule has 3 rings (SSSR count). The number of rotatable bonds is 5. The van der Waals surface area contributed by atoms with E-state index < -0.39 is 35.9 Å². The van der Waals surface area contributed by atoms with Crippen molar-refractivity contribution >= 4 is 17.8 Å². The van der Waals surface area contributed by atoms with Gasteiger partial charge in [0.25, 0.3) is 5.91 Å². The van der Waals surface area contributed by atoms with E-state index in [0.29, 0.717) is 13.1 Å². The van der Waals surface area contributed by atoms with E-state index >= 15 is 0 Å². The van der Waals surface area contributed by atoms with Crippen LogP contribution in [0.3, 0.4) is 0 Å². The second kappa shape index (κ2) is 8.49. The Morgan fingerprint density at radius 2 is 1.65 bits per heavy atom. The Hall–Kier alpha value is -3.23. The Bertz CT molecular complexity index is 889. The first kappa shape index (κ1) is 24.0. The van der Waals surface area contributed by atoms with Crippen molar-refractivity contribution in [2.24, 2.45) is 10.2 Å². The second-order valence-electron chi connectivity index (χ2n) is 6.51. The number of benzene rings is 1. The monoisotopic (exact) mass is 456 g/mol. The number of likely N-dealkylation sites (tertiary alicyclic amines) is 1. The number of nitrogens with one attached hydrogen (secondary N) is 1. The molecule has 15 heteroatoms. The summed E-state index contributed by atoms with van der Waals surface area (Å²) in [5.74, 6) is -4.23. The minimum atomic E-state index is -5.08. The van der Waals surface area contributed by atoms with Crippen LogP contribution in [0.15, 0.2) is 34.5 Å². The number of amides is 1. The van der Waals surface area contributed by atoms with Gasteiger partial charge in [-0.15, -0.1) is 10.2 Å². The van der Waals surface area contributed by atoms with E-state index in [1.807, 2.05) is 0 Å². The summed E-state index contributed by atoms with van der Waals surface area (Å²) in [6.45, 7) is 0.655. The van der Waals surface area contributed by atoms with Crippen molar-refractivity contribution in [3.8, 4) is 0 Å². The third-order valence-corrected chi connectivity index (χ3v) is 4.12. The van der Waals surface area contributed by atoms with E-state index in [-0.39, 0.29) is 23.7 Å². The summed E-state index contributed by atoms with van der Waals surface area (Å²) in [4.78, 5) is 33.2. The summed E-state index contributed by atoms with van der Waals surface area (Å²) in [5, 5.41) is 24.6. The number of carboxylic acids is 2. The van der Waals surface area contributed by atoms with E-state index in [1.165, 1.54) is 18.2 Å². The smallest absolute Gasteiger partial charge is 0.480 e. The first-order valence-corrected chi connectivity index (χ1v) is 8.32. The van der Waals surface area contributed by atoms with E-state index in [2.05, 4.69) is 15.5 Å². The molecule has 1 fully saturated rings. The Morgan fingerprint density at radius 1 is 1.10 bits per heavy atom. The first-order chi connectivity index (χ1) is 14.2. The van der Waals surface area contributed by atoms with Crippen LogP contribution >= 0.6 is 0 Å². The van der Waals surface area contributed by atoms with E-state index in [4.69, 9.17) is 15.0 Å². The minimum absolute atomic E-state index is 0.0742. The maximum Gasteiger partial charge on any atom is 0.490 e. The van der Waals surface area contributed by atoms with Crippen LogP contribution in [0, 0.1) is 0 Å². The molecular weight excluding hydrogens is 442 g/mol. The summed E-state index contributed by atoms with van der Waals surface area (Å²) < 4.78 is 70.7. The number of carbonyl (C=O) groups is 3. The van der Waals surface area contributed by atoms with Gasteiger partial charge in [0.05, 0.1) is 12.6 Å². The summed E-state index contributed by atoms with van der Waals surface area (Å²) in [5.41, 5.74) is -2.69. The molecule has 3 N–H and O–H groups in total. The lowest BCUT2D eigenvalue weighted by atomic mass is 10.00. The zero-order valence-electron chi connectivity index (χ0n) is 15.2. The van der Waals surface area contributed by atoms with Crippen LogP contribution < -0.4 is 5.32 Å². The highest BCUT2D eigenvalue weighted by Gasteiger charge is 2.65. The van der Waals surface area contributed by atoms with Crippen LogP contribution in [-0.2, 0) is 15.3 Å². The van der Waals surface area contributed by atoms with Gasteiger partial charge in [-0.2, -0.15) is 26.3 Å². The summed E-state index contributed by atoms with van der Waals surface area (Å²) in [6.07, 6.45) is -9.73. The van der Waals surface area contributed by atoms with E-state index in [0.717, 1.165) is 6.07 Å². The molecule has 0 radical (unpaired) electrons. The summed E-state index contributed by atoms with van der Waals surface area (Å²) >= 11 is 0. The van der Waals surface area contributed by atoms with Crippen LogP contribution in [0.4, 0.5) is 26.3 Å².